The summed E-state index contributed by atoms with van der Waals surface area (Å²) in [6.45, 7) is 7.01. The number of pyridine rings is 1. The monoisotopic (exact) mass is 490 g/mol. The van der Waals surface area contributed by atoms with E-state index in [0.29, 0.717) is 38.7 Å². The van der Waals surface area contributed by atoms with Gasteiger partial charge in [-0.05, 0) is 66.6 Å². The lowest BCUT2D eigenvalue weighted by Gasteiger charge is -2.28. The molecule has 3 aromatic rings. The summed E-state index contributed by atoms with van der Waals surface area (Å²) >= 11 is 0. The molecule has 188 valence electrons. The SMILES string of the molecule is Cc1ccc(CCc2ccc3c(c2)OC[C@H]3CC(=O)O)c(C)c1-c1cnc(N2CCOCC2)c(F)c1. The molecule has 0 bridgehead atoms. The molecule has 1 fully saturated rings. The molecule has 1 atom stereocenters. The Morgan fingerprint density at radius 2 is 1.94 bits per heavy atom. The first-order valence-corrected chi connectivity index (χ1v) is 12.5. The fourth-order valence-corrected chi connectivity index (χ4v) is 5.32. The highest BCUT2D eigenvalue weighted by Gasteiger charge is 2.26. The van der Waals surface area contributed by atoms with E-state index in [4.69, 9.17) is 14.6 Å². The number of aryl methyl sites for hydroxylation is 3. The van der Waals surface area contributed by atoms with Crippen molar-refractivity contribution in [1.82, 2.24) is 4.98 Å². The van der Waals surface area contributed by atoms with Crippen LogP contribution in [-0.2, 0) is 22.4 Å². The second-order valence-corrected chi connectivity index (χ2v) is 9.65. The van der Waals surface area contributed by atoms with E-state index in [1.807, 2.05) is 24.0 Å². The fraction of sp³-hybridized carbons (Fsp3) is 0.379. The Labute approximate surface area is 210 Å². The first-order chi connectivity index (χ1) is 17.4. The highest BCUT2D eigenvalue weighted by atomic mass is 19.1. The van der Waals surface area contributed by atoms with Crippen molar-refractivity contribution in [3.8, 4) is 16.9 Å². The summed E-state index contributed by atoms with van der Waals surface area (Å²) in [6.07, 6.45) is 3.52. The Kier molecular flexibility index (Phi) is 6.92. The fourth-order valence-electron chi connectivity index (χ4n) is 5.32. The molecule has 1 aromatic heterocycles. The summed E-state index contributed by atoms with van der Waals surface area (Å²) in [6, 6.07) is 11.9. The largest absolute Gasteiger partial charge is 0.493 e. The van der Waals surface area contributed by atoms with Crippen molar-refractivity contribution in [2.75, 3.05) is 37.8 Å². The lowest BCUT2D eigenvalue weighted by Crippen LogP contribution is -2.37. The highest BCUT2D eigenvalue weighted by molar-refractivity contribution is 5.72. The molecule has 3 heterocycles. The number of rotatable bonds is 7. The van der Waals surface area contributed by atoms with Crippen molar-refractivity contribution in [1.29, 1.82) is 0 Å². The van der Waals surface area contributed by atoms with Gasteiger partial charge in [-0.2, -0.15) is 0 Å². The minimum atomic E-state index is -0.808. The topological polar surface area (TPSA) is 71.9 Å². The molecule has 5 rings (SSSR count). The maximum atomic E-state index is 15.1. The van der Waals surface area contributed by atoms with E-state index < -0.39 is 5.97 Å². The second-order valence-electron chi connectivity index (χ2n) is 9.65. The molecule has 0 radical (unpaired) electrons. The van der Waals surface area contributed by atoms with Crippen molar-refractivity contribution in [2.45, 2.75) is 39.0 Å². The van der Waals surface area contributed by atoms with Crippen LogP contribution in [0.2, 0.25) is 0 Å². The zero-order valence-electron chi connectivity index (χ0n) is 20.7. The number of nitrogens with zero attached hydrogens (tertiary/aromatic N) is 2. The predicted octanol–water partition coefficient (Wildman–Crippen LogP) is 5.08. The van der Waals surface area contributed by atoms with Gasteiger partial charge in [-0.25, -0.2) is 9.37 Å². The van der Waals surface area contributed by atoms with Crippen LogP contribution >= 0.6 is 0 Å². The van der Waals surface area contributed by atoms with E-state index in [2.05, 4.69) is 30.1 Å². The summed E-state index contributed by atoms with van der Waals surface area (Å²) in [5.74, 6) is -0.0214. The molecule has 2 aliphatic heterocycles. The number of anilines is 1. The number of hydrogen-bond acceptors (Lipinski definition) is 5. The molecular weight excluding hydrogens is 459 g/mol. The van der Waals surface area contributed by atoms with Crippen molar-refractivity contribution in [2.24, 2.45) is 0 Å². The van der Waals surface area contributed by atoms with Crippen LogP contribution in [0.3, 0.4) is 0 Å². The molecule has 0 saturated carbocycles. The van der Waals surface area contributed by atoms with Crippen molar-refractivity contribution in [3.63, 3.8) is 0 Å². The minimum absolute atomic E-state index is 0.0839. The average Bonchev–Trinajstić information content (AvgIpc) is 3.25. The molecule has 36 heavy (non-hydrogen) atoms. The Hall–Kier alpha value is -3.45. The summed E-state index contributed by atoms with van der Waals surface area (Å²) in [7, 11) is 0. The Morgan fingerprint density at radius 3 is 2.69 bits per heavy atom. The quantitative estimate of drug-likeness (QED) is 0.498. The molecule has 0 amide bonds. The van der Waals surface area contributed by atoms with Gasteiger partial charge in [0, 0.05) is 36.3 Å². The van der Waals surface area contributed by atoms with Gasteiger partial charge in [0.15, 0.2) is 11.6 Å². The molecule has 0 unspecified atom stereocenters. The third kappa shape index (κ3) is 4.93. The first-order valence-electron chi connectivity index (χ1n) is 12.5. The van der Waals surface area contributed by atoms with Gasteiger partial charge in [0.1, 0.15) is 5.75 Å². The van der Waals surface area contributed by atoms with Gasteiger partial charge < -0.3 is 19.5 Å². The third-order valence-electron chi connectivity index (χ3n) is 7.27. The Morgan fingerprint density at radius 1 is 1.14 bits per heavy atom. The lowest BCUT2D eigenvalue weighted by molar-refractivity contribution is -0.137. The number of hydrogen-bond donors (Lipinski definition) is 1. The number of aromatic nitrogens is 1. The molecule has 2 aliphatic rings. The number of carboxylic acid groups (broad SMARTS) is 1. The van der Waals surface area contributed by atoms with Crippen LogP contribution in [0.15, 0.2) is 42.6 Å². The smallest absolute Gasteiger partial charge is 0.304 e. The number of aliphatic carboxylic acids is 1. The zero-order valence-corrected chi connectivity index (χ0v) is 20.7. The number of ether oxygens (including phenoxy) is 2. The van der Waals surface area contributed by atoms with Gasteiger partial charge in [-0.15, -0.1) is 0 Å². The first kappa shape index (κ1) is 24.3. The molecule has 7 heteroatoms. The maximum Gasteiger partial charge on any atom is 0.304 e. The van der Waals surface area contributed by atoms with Crippen LogP contribution < -0.4 is 9.64 Å². The molecular formula is C29H31FN2O4. The van der Waals surface area contributed by atoms with Gasteiger partial charge in [0.2, 0.25) is 0 Å². The summed E-state index contributed by atoms with van der Waals surface area (Å²) in [4.78, 5) is 17.5. The molecule has 2 aromatic carbocycles. The van der Waals surface area contributed by atoms with Crippen LogP contribution in [0.25, 0.3) is 11.1 Å². The van der Waals surface area contributed by atoms with Gasteiger partial charge in [0.05, 0.1) is 26.2 Å². The number of morpholine rings is 1. The summed E-state index contributed by atoms with van der Waals surface area (Å²) in [5, 5.41) is 9.12. The second kappa shape index (κ2) is 10.3. The van der Waals surface area contributed by atoms with Crippen molar-refractivity contribution in [3.05, 3.63) is 76.2 Å². The number of carbonyl (C=O) groups is 1. The summed E-state index contributed by atoms with van der Waals surface area (Å²) < 4.78 is 26.2. The van der Waals surface area contributed by atoms with Crippen molar-refractivity contribution >= 4 is 11.8 Å². The molecule has 1 saturated heterocycles. The van der Waals surface area contributed by atoms with Crippen LogP contribution in [0, 0.1) is 19.7 Å². The number of benzene rings is 2. The number of halogens is 1. The van der Waals surface area contributed by atoms with E-state index in [9.17, 15) is 4.79 Å². The average molecular weight is 491 g/mol. The van der Waals surface area contributed by atoms with Crippen LogP contribution in [0.1, 0.15) is 40.2 Å². The Balaban J connectivity index is 1.34. The van der Waals surface area contributed by atoms with Gasteiger partial charge in [-0.1, -0.05) is 24.3 Å². The third-order valence-corrected chi connectivity index (χ3v) is 7.27. The van der Waals surface area contributed by atoms with Gasteiger partial charge in [0.25, 0.3) is 0 Å². The van der Waals surface area contributed by atoms with Crippen LogP contribution in [-0.4, -0.2) is 49.0 Å². The van der Waals surface area contributed by atoms with Gasteiger partial charge >= 0.3 is 5.97 Å². The van der Waals surface area contributed by atoms with E-state index in [0.717, 1.165) is 52.0 Å². The Bertz CT molecular complexity index is 1290. The van der Waals surface area contributed by atoms with Crippen LogP contribution in [0.4, 0.5) is 10.2 Å². The summed E-state index contributed by atoms with van der Waals surface area (Å²) in [5.41, 5.74) is 7.37. The molecule has 0 aliphatic carbocycles. The lowest BCUT2D eigenvalue weighted by atomic mass is 9.90. The standard InChI is InChI=1S/C29H31FN2O4/c1-18-3-6-21(7-4-20-5-8-24-23(15-27(33)34)17-36-26(24)13-20)19(2)28(18)22-14-25(30)29(31-16-22)32-9-11-35-12-10-32/h3,5-6,8,13-14,16,23H,4,7,9-12,15,17H2,1-2H3,(H,33,34)/t23-/m1/s1. The zero-order chi connectivity index (χ0) is 25.2. The van der Waals surface area contributed by atoms with E-state index in [-0.39, 0.29) is 18.2 Å². The molecule has 6 nitrogen and oxygen atoms in total. The number of fused-ring (bicyclic) bond motifs is 1. The minimum Gasteiger partial charge on any atom is -0.493 e. The van der Waals surface area contributed by atoms with E-state index >= 15 is 4.39 Å². The van der Waals surface area contributed by atoms with E-state index in [1.54, 1.807) is 12.3 Å². The van der Waals surface area contributed by atoms with Gasteiger partial charge in [-0.3, -0.25) is 4.79 Å². The normalized spacial score (nSPS) is 17.1. The predicted molar refractivity (Wildman–Crippen MR) is 136 cm³/mol. The molecule has 0 spiro atoms. The maximum absolute atomic E-state index is 15.1. The van der Waals surface area contributed by atoms with Crippen molar-refractivity contribution < 1.29 is 23.8 Å². The molecule has 1 N–H and O–H groups in total. The van der Waals surface area contributed by atoms with Crippen LogP contribution in [0.5, 0.6) is 5.75 Å². The number of carboxylic acids is 1. The highest BCUT2D eigenvalue weighted by Crippen LogP contribution is 2.37. The van der Waals surface area contributed by atoms with E-state index in [1.165, 1.54) is 5.56 Å².